The van der Waals surface area contributed by atoms with E-state index in [4.69, 9.17) is 16.0 Å². The molecule has 0 aliphatic rings. The summed E-state index contributed by atoms with van der Waals surface area (Å²) in [6.07, 6.45) is 2.79. The number of benzene rings is 2. The number of hydrogen-bond donors (Lipinski definition) is 0. The fraction of sp³-hybridized carbons (Fsp3) is 0. The van der Waals surface area contributed by atoms with E-state index in [9.17, 15) is 19.3 Å². The molecule has 7 heteroatoms. The molecule has 0 bridgehead atoms. The Morgan fingerprint density at radius 1 is 1.12 bits per heavy atom. The fourth-order valence-electron chi connectivity index (χ4n) is 2.27. The van der Waals surface area contributed by atoms with E-state index in [1.807, 2.05) is 0 Å². The molecule has 0 N–H and O–H groups in total. The third-order valence-electron chi connectivity index (χ3n) is 3.58. The smallest absolute Gasteiger partial charge is 0.270 e. The summed E-state index contributed by atoms with van der Waals surface area (Å²) in [5.74, 6) is 0.112. The predicted octanol–water partition coefficient (Wildman–Crippen LogP) is 5.54. The summed E-state index contributed by atoms with van der Waals surface area (Å²) in [4.78, 5) is 22.2. The molecular formula is C19H11ClFNO4. The van der Waals surface area contributed by atoms with Gasteiger partial charge in [-0.3, -0.25) is 14.9 Å². The molecule has 5 nitrogen and oxygen atoms in total. The number of non-ortho nitro benzene ring substituents is 1. The Morgan fingerprint density at radius 2 is 1.85 bits per heavy atom. The monoisotopic (exact) mass is 371 g/mol. The average Bonchev–Trinajstić information content (AvgIpc) is 3.08. The Bertz CT molecular complexity index is 1010. The molecule has 3 aromatic rings. The lowest BCUT2D eigenvalue weighted by atomic mass is 10.1. The van der Waals surface area contributed by atoms with Crippen LogP contribution in [0, 0.1) is 15.9 Å². The Hall–Kier alpha value is -3.25. The Kier molecular flexibility index (Phi) is 4.95. The summed E-state index contributed by atoms with van der Waals surface area (Å²) in [7, 11) is 0. The van der Waals surface area contributed by atoms with Gasteiger partial charge in [-0.25, -0.2) is 4.39 Å². The lowest BCUT2D eigenvalue weighted by molar-refractivity contribution is -0.384. The summed E-state index contributed by atoms with van der Waals surface area (Å²) in [6, 6.07) is 12.6. The van der Waals surface area contributed by atoms with Gasteiger partial charge in [0.2, 0.25) is 0 Å². The van der Waals surface area contributed by atoms with Gasteiger partial charge in [0, 0.05) is 23.3 Å². The van der Waals surface area contributed by atoms with Crippen LogP contribution in [0.5, 0.6) is 0 Å². The van der Waals surface area contributed by atoms with Crippen molar-refractivity contribution < 1.29 is 18.5 Å². The van der Waals surface area contributed by atoms with Crippen molar-refractivity contribution in [1.29, 1.82) is 0 Å². The highest BCUT2D eigenvalue weighted by molar-refractivity contribution is 6.33. The second kappa shape index (κ2) is 7.33. The Balaban J connectivity index is 1.78. The number of ketones is 1. The van der Waals surface area contributed by atoms with Crippen LogP contribution < -0.4 is 0 Å². The Labute approximate surface area is 152 Å². The zero-order chi connectivity index (χ0) is 18.7. The maximum Gasteiger partial charge on any atom is 0.270 e. The molecule has 3 rings (SSSR count). The van der Waals surface area contributed by atoms with Crippen molar-refractivity contribution in [2.75, 3.05) is 0 Å². The minimum atomic E-state index is -0.535. The number of furan rings is 1. The van der Waals surface area contributed by atoms with Crippen molar-refractivity contribution in [3.8, 4) is 11.3 Å². The van der Waals surface area contributed by atoms with Crippen LogP contribution in [0.1, 0.15) is 16.1 Å². The minimum Gasteiger partial charge on any atom is -0.457 e. The summed E-state index contributed by atoms with van der Waals surface area (Å²) >= 11 is 6.07. The summed E-state index contributed by atoms with van der Waals surface area (Å²) in [5, 5.41) is 10.9. The molecule has 26 heavy (non-hydrogen) atoms. The number of hydrogen-bond acceptors (Lipinski definition) is 4. The van der Waals surface area contributed by atoms with Crippen molar-refractivity contribution in [2.24, 2.45) is 0 Å². The Morgan fingerprint density at radius 3 is 2.50 bits per heavy atom. The van der Waals surface area contributed by atoms with Crippen LogP contribution in [-0.4, -0.2) is 10.7 Å². The van der Waals surface area contributed by atoms with Crippen molar-refractivity contribution in [3.63, 3.8) is 0 Å². The van der Waals surface area contributed by atoms with Gasteiger partial charge in [-0.1, -0.05) is 11.6 Å². The van der Waals surface area contributed by atoms with Crippen LogP contribution in [0.25, 0.3) is 17.4 Å². The van der Waals surface area contributed by atoms with E-state index < -0.39 is 10.7 Å². The molecule has 0 amide bonds. The molecule has 1 heterocycles. The standard InChI is InChI=1S/C19H11ClFNO4/c20-17-11-14(22(24)25)5-8-16(17)19-10-7-15(26-19)6-9-18(23)12-1-3-13(21)4-2-12/h1-11H. The molecule has 0 saturated carbocycles. The van der Waals surface area contributed by atoms with Crippen LogP contribution in [0.15, 0.2) is 65.1 Å². The molecule has 2 aromatic carbocycles. The molecule has 0 aliphatic heterocycles. The second-order valence-electron chi connectivity index (χ2n) is 5.33. The molecule has 0 atom stereocenters. The van der Waals surface area contributed by atoms with E-state index in [1.165, 1.54) is 54.6 Å². The molecule has 0 fully saturated rings. The van der Waals surface area contributed by atoms with Crippen LogP contribution in [0.3, 0.4) is 0 Å². The zero-order valence-electron chi connectivity index (χ0n) is 13.2. The minimum absolute atomic E-state index is 0.115. The number of allylic oxidation sites excluding steroid dienone is 1. The van der Waals surface area contributed by atoms with Gasteiger partial charge in [0.05, 0.1) is 9.95 Å². The van der Waals surface area contributed by atoms with E-state index in [0.29, 0.717) is 22.6 Å². The van der Waals surface area contributed by atoms with Gasteiger partial charge in [-0.05, 0) is 54.6 Å². The highest BCUT2D eigenvalue weighted by Crippen LogP contribution is 2.32. The number of carbonyl (C=O) groups excluding carboxylic acids is 1. The number of nitrogens with zero attached hydrogens (tertiary/aromatic N) is 1. The van der Waals surface area contributed by atoms with Crippen molar-refractivity contribution in [3.05, 3.63) is 93.0 Å². The number of rotatable bonds is 5. The first-order chi connectivity index (χ1) is 12.4. The second-order valence-corrected chi connectivity index (χ2v) is 5.73. The molecule has 0 radical (unpaired) electrons. The highest BCUT2D eigenvalue weighted by atomic mass is 35.5. The lowest BCUT2D eigenvalue weighted by Gasteiger charge is -2.00. The maximum absolute atomic E-state index is 12.9. The third kappa shape index (κ3) is 3.87. The molecule has 0 saturated heterocycles. The van der Waals surface area contributed by atoms with E-state index in [2.05, 4.69) is 0 Å². The number of carbonyl (C=O) groups is 1. The fourth-order valence-corrected chi connectivity index (χ4v) is 2.54. The highest BCUT2D eigenvalue weighted by Gasteiger charge is 2.13. The van der Waals surface area contributed by atoms with Gasteiger partial charge in [0.15, 0.2) is 5.78 Å². The van der Waals surface area contributed by atoms with E-state index in [-0.39, 0.29) is 16.5 Å². The van der Waals surface area contributed by atoms with Crippen LogP contribution >= 0.6 is 11.6 Å². The molecule has 130 valence electrons. The van der Waals surface area contributed by atoms with Gasteiger partial charge in [0.1, 0.15) is 17.3 Å². The maximum atomic E-state index is 12.9. The van der Waals surface area contributed by atoms with Gasteiger partial charge in [-0.2, -0.15) is 0 Å². The first-order valence-electron chi connectivity index (χ1n) is 7.46. The van der Waals surface area contributed by atoms with Crippen LogP contribution in [-0.2, 0) is 0 Å². The van der Waals surface area contributed by atoms with E-state index in [1.54, 1.807) is 12.1 Å². The largest absolute Gasteiger partial charge is 0.457 e. The molecule has 1 aromatic heterocycles. The average molecular weight is 372 g/mol. The lowest BCUT2D eigenvalue weighted by Crippen LogP contribution is -1.93. The molecule has 0 aliphatic carbocycles. The number of nitro groups is 1. The van der Waals surface area contributed by atoms with Crippen LogP contribution in [0.4, 0.5) is 10.1 Å². The topological polar surface area (TPSA) is 73.3 Å². The van der Waals surface area contributed by atoms with Gasteiger partial charge in [-0.15, -0.1) is 0 Å². The predicted molar refractivity (Wildman–Crippen MR) is 95.6 cm³/mol. The third-order valence-corrected chi connectivity index (χ3v) is 3.90. The van der Waals surface area contributed by atoms with Gasteiger partial charge in [0.25, 0.3) is 5.69 Å². The number of halogens is 2. The summed E-state index contributed by atoms with van der Waals surface area (Å²) < 4.78 is 18.5. The molecular weight excluding hydrogens is 361 g/mol. The van der Waals surface area contributed by atoms with E-state index >= 15 is 0 Å². The molecule has 0 unspecified atom stereocenters. The quantitative estimate of drug-likeness (QED) is 0.255. The van der Waals surface area contributed by atoms with Crippen molar-refractivity contribution in [1.82, 2.24) is 0 Å². The zero-order valence-corrected chi connectivity index (χ0v) is 13.9. The van der Waals surface area contributed by atoms with Gasteiger partial charge < -0.3 is 4.42 Å². The summed E-state index contributed by atoms with van der Waals surface area (Å²) in [5.41, 5.74) is 0.741. The summed E-state index contributed by atoms with van der Waals surface area (Å²) in [6.45, 7) is 0. The van der Waals surface area contributed by atoms with Gasteiger partial charge >= 0.3 is 0 Å². The molecule has 0 spiro atoms. The van der Waals surface area contributed by atoms with Crippen LogP contribution in [0.2, 0.25) is 5.02 Å². The SMILES string of the molecule is O=C(C=Cc1ccc(-c2ccc([N+](=O)[O-])cc2Cl)o1)c1ccc(F)cc1. The normalized spacial score (nSPS) is 11.0. The number of nitro benzene ring substituents is 1. The van der Waals surface area contributed by atoms with E-state index in [0.717, 1.165) is 0 Å². The first kappa shape index (κ1) is 17.6. The van der Waals surface area contributed by atoms with Crippen molar-refractivity contribution >= 4 is 29.1 Å². The van der Waals surface area contributed by atoms with Crippen molar-refractivity contribution in [2.45, 2.75) is 0 Å². The first-order valence-corrected chi connectivity index (χ1v) is 7.84.